The highest BCUT2D eigenvalue weighted by Crippen LogP contribution is 2.23. The standard InChI is InChI=1S/C16H20Br2N2S/c1-19-16(12-4-3-5-13(17)8-12)6-7-20(2)10-15-9-14(18)11-21-15/h3-5,8-9,11,16,19H,6-7,10H2,1-2H3. The minimum atomic E-state index is 0.389. The first-order valence-electron chi connectivity index (χ1n) is 6.92. The third-order valence-electron chi connectivity index (χ3n) is 3.45. The van der Waals surface area contributed by atoms with Crippen LogP contribution in [-0.2, 0) is 6.54 Å². The molecule has 0 aliphatic rings. The van der Waals surface area contributed by atoms with Gasteiger partial charge in [0, 0.05) is 38.3 Å². The summed E-state index contributed by atoms with van der Waals surface area (Å²) in [5.74, 6) is 0. The maximum atomic E-state index is 3.54. The molecule has 2 nitrogen and oxygen atoms in total. The summed E-state index contributed by atoms with van der Waals surface area (Å²) >= 11 is 8.86. The van der Waals surface area contributed by atoms with Gasteiger partial charge in [-0.25, -0.2) is 0 Å². The van der Waals surface area contributed by atoms with Crippen LogP contribution in [-0.4, -0.2) is 25.5 Å². The Kier molecular flexibility index (Phi) is 6.89. The lowest BCUT2D eigenvalue weighted by molar-refractivity contribution is 0.306. The van der Waals surface area contributed by atoms with E-state index in [0.29, 0.717) is 6.04 Å². The Labute approximate surface area is 147 Å². The Balaban J connectivity index is 1.87. The van der Waals surface area contributed by atoms with E-state index in [-0.39, 0.29) is 0 Å². The second-order valence-electron chi connectivity index (χ2n) is 5.15. The van der Waals surface area contributed by atoms with E-state index in [2.05, 4.69) is 84.8 Å². The molecule has 1 heterocycles. The largest absolute Gasteiger partial charge is 0.313 e. The fraction of sp³-hybridized carbons (Fsp3) is 0.375. The number of benzene rings is 1. The Bertz CT molecular complexity index is 571. The van der Waals surface area contributed by atoms with Crippen molar-refractivity contribution in [3.63, 3.8) is 0 Å². The first-order chi connectivity index (χ1) is 10.1. The molecular weight excluding hydrogens is 412 g/mol. The summed E-state index contributed by atoms with van der Waals surface area (Å²) in [5.41, 5.74) is 1.33. The summed E-state index contributed by atoms with van der Waals surface area (Å²) < 4.78 is 2.31. The average Bonchev–Trinajstić information content (AvgIpc) is 2.85. The molecule has 1 atom stereocenters. The normalized spacial score (nSPS) is 12.8. The van der Waals surface area contributed by atoms with E-state index in [1.54, 1.807) is 11.3 Å². The van der Waals surface area contributed by atoms with Crippen LogP contribution in [0.15, 0.2) is 44.7 Å². The number of hydrogen-bond donors (Lipinski definition) is 1. The molecular formula is C16H20Br2N2S. The zero-order valence-electron chi connectivity index (χ0n) is 12.3. The van der Waals surface area contributed by atoms with Crippen molar-refractivity contribution in [1.82, 2.24) is 10.2 Å². The van der Waals surface area contributed by atoms with Crippen molar-refractivity contribution < 1.29 is 0 Å². The lowest BCUT2D eigenvalue weighted by Gasteiger charge is -2.21. The molecule has 21 heavy (non-hydrogen) atoms. The van der Waals surface area contributed by atoms with Crippen LogP contribution in [0, 0.1) is 0 Å². The molecule has 0 aliphatic heterocycles. The molecule has 2 rings (SSSR count). The van der Waals surface area contributed by atoms with Crippen LogP contribution >= 0.6 is 43.2 Å². The Morgan fingerprint density at radius 3 is 2.67 bits per heavy atom. The number of hydrogen-bond acceptors (Lipinski definition) is 3. The summed E-state index contributed by atoms with van der Waals surface area (Å²) in [5, 5.41) is 5.56. The van der Waals surface area contributed by atoms with Gasteiger partial charge in [0.15, 0.2) is 0 Å². The van der Waals surface area contributed by atoms with Gasteiger partial charge in [-0.3, -0.25) is 0 Å². The minimum absolute atomic E-state index is 0.389. The highest BCUT2D eigenvalue weighted by Gasteiger charge is 2.11. The molecule has 1 aromatic carbocycles. The Morgan fingerprint density at radius 2 is 2.05 bits per heavy atom. The molecule has 1 unspecified atom stereocenters. The van der Waals surface area contributed by atoms with Crippen molar-refractivity contribution in [3.8, 4) is 0 Å². The smallest absolute Gasteiger partial charge is 0.0330 e. The third kappa shape index (κ3) is 5.49. The van der Waals surface area contributed by atoms with Gasteiger partial charge >= 0.3 is 0 Å². The van der Waals surface area contributed by atoms with Crippen LogP contribution in [0.4, 0.5) is 0 Å². The number of rotatable bonds is 7. The number of thiophene rings is 1. The van der Waals surface area contributed by atoms with E-state index in [4.69, 9.17) is 0 Å². The predicted octanol–water partition coefficient (Wildman–Crippen LogP) is 5.06. The molecule has 0 saturated carbocycles. The molecule has 0 spiro atoms. The van der Waals surface area contributed by atoms with Crippen LogP contribution < -0.4 is 5.32 Å². The van der Waals surface area contributed by atoms with Crippen LogP contribution in [0.25, 0.3) is 0 Å². The second-order valence-corrected chi connectivity index (χ2v) is 7.98. The van der Waals surface area contributed by atoms with Gasteiger partial charge in [-0.05, 0) is 60.2 Å². The summed E-state index contributed by atoms with van der Waals surface area (Å²) in [7, 11) is 4.21. The van der Waals surface area contributed by atoms with Crippen LogP contribution in [0.3, 0.4) is 0 Å². The molecule has 0 fully saturated rings. The van der Waals surface area contributed by atoms with E-state index in [1.165, 1.54) is 14.9 Å². The summed E-state index contributed by atoms with van der Waals surface area (Å²) in [6.07, 6.45) is 1.09. The van der Waals surface area contributed by atoms with Gasteiger partial charge in [-0.2, -0.15) is 0 Å². The fourth-order valence-corrected chi connectivity index (χ4v) is 4.28. The summed E-state index contributed by atoms with van der Waals surface area (Å²) in [6, 6.07) is 11.1. The van der Waals surface area contributed by atoms with Gasteiger partial charge in [0.25, 0.3) is 0 Å². The lowest BCUT2D eigenvalue weighted by atomic mass is 10.0. The summed E-state index contributed by atoms with van der Waals surface area (Å²) in [4.78, 5) is 3.77. The van der Waals surface area contributed by atoms with Gasteiger partial charge in [0.05, 0.1) is 0 Å². The quantitative estimate of drug-likeness (QED) is 0.659. The molecule has 2 aromatic rings. The molecule has 1 N–H and O–H groups in total. The molecule has 0 amide bonds. The number of halogens is 2. The first kappa shape index (κ1) is 17.2. The van der Waals surface area contributed by atoms with E-state index in [9.17, 15) is 0 Å². The van der Waals surface area contributed by atoms with E-state index in [0.717, 1.165) is 24.0 Å². The highest BCUT2D eigenvalue weighted by atomic mass is 79.9. The molecule has 5 heteroatoms. The lowest BCUT2D eigenvalue weighted by Crippen LogP contribution is -2.25. The van der Waals surface area contributed by atoms with Crippen molar-refractivity contribution >= 4 is 43.2 Å². The van der Waals surface area contributed by atoms with Crippen LogP contribution in [0.2, 0.25) is 0 Å². The van der Waals surface area contributed by atoms with Gasteiger partial charge in [-0.15, -0.1) is 11.3 Å². The van der Waals surface area contributed by atoms with E-state index >= 15 is 0 Å². The zero-order chi connectivity index (χ0) is 15.2. The monoisotopic (exact) mass is 430 g/mol. The number of nitrogens with zero attached hydrogens (tertiary/aromatic N) is 1. The Morgan fingerprint density at radius 1 is 1.24 bits per heavy atom. The predicted molar refractivity (Wildman–Crippen MR) is 98.9 cm³/mol. The number of nitrogens with one attached hydrogen (secondary N) is 1. The molecule has 0 saturated heterocycles. The van der Waals surface area contributed by atoms with Gasteiger partial charge in [-0.1, -0.05) is 28.1 Å². The molecule has 0 bridgehead atoms. The van der Waals surface area contributed by atoms with Crippen LogP contribution in [0.5, 0.6) is 0 Å². The van der Waals surface area contributed by atoms with E-state index in [1.807, 2.05) is 7.05 Å². The van der Waals surface area contributed by atoms with Crippen molar-refractivity contribution in [2.45, 2.75) is 19.0 Å². The second kappa shape index (κ2) is 8.44. The Hall–Kier alpha value is -0.200. The van der Waals surface area contributed by atoms with Crippen molar-refractivity contribution in [3.05, 3.63) is 55.1 Å². The maximum Gasteiger partial charge on any atom is 0.0330 e. The topological polar surface area (TPSA) is 15.3 Å². The van der Waals surface area contributed by atoms with Crippen molar-refractivity contribution in [1.29, 1.82) is 0 Å². The minimum Gasteiger partial charge on any atom is -0.313 e. The third-order valence-corrected chi connectivity index (χ3v) is 5.62. The van der Waals surface area contributed by atoms with Crippen molar-refractivity contribution in [2.24, 2.45) is 0 Å². The molecule has 0 radical (unpaired) electrons. The summed E-state index contributed by atoms with van der Waals surface area (Å²) in [6.45, 7) is 2.07. The first-order valence-corrected chi connectivity index (χ1v) is 9.39. The van der Waals surface area contributed by atoms with E-state index < -0.39 is 0 Å². The molecule has 0 aliphatic carbocycles. The van der Waals surface area contributed by atoms with Gasteiger partial charge in [0.1, 0.15) is 0 Å². The van der Waals surface area contributed by atoms with Crippen LogP contribution in [0.1, 0.15) is 22.9 Å². The van der Waals surface area contributed by atoms with Gasteiger partial charge in [0.2, 0.25) is 0 Å². The average molecular weight is 432 g/mol. The maximum absolute atomic E-state index is 3.54. The fourth-order valence-electron chi connectivity index (χ4n) is 2.33. The highest BCUT2D eigenvalue weighted by molar-refractivity contribution is 9.10. The van der Waals surface area contributed by atoms with Crippen molar-refractivity contribution in [2.75, 3.05) is 20.6 Å². The molecule has 114 valence electrons. The SMILES string of the molecule is CNC(CCN(C)Cc1cc(Br)cs1)c1cccc(Br)c1. The molecule has 1 aromatic heterocycles. The zero-order valence-corrected chi connectivity index (χ0v) is 16.3. The van der Waals surface area contributed by atoms with Gasteiger partial charge < -0.3 is 10.2 Å².